The largest absolute Gasteiger partial charge is 0.417 e. The lowest BCUT2D eigenvalue weighted by Gasteiger charge is -2.15. The van der Waals surface area contributed by atoms with E-state index >= 15 is 0 Å². The normalized spacial score (nSPS) is 11.7. The van der Waals surface area contributed by atoms with E-state index < -0.39 is 29.8 Å². The Labute approximate surface area is 200 Å². The van der Waals surface area contributed by atoms with Gasteiger partial charge in [0.25, 0.3) is 5.56 Å². The Morgan fingerprint density at radius 1 is 1.03 bits per heavy atom. The van der Waals surface area contributed by atoms with Crippen LogP contribution in [0.25, 0.3) is 16.7 Å². The van der Waals surface area contributed by atoms with Crippen molar-refractivity contribution < 1.29 is 18.0 Å². The third kappa shape index (κ3) is 4.71. The van der Waals surface area contributed by atoms with Crippen molar-refractivity contribution in [1.29, 1.82) is 0 Å². The number of anilines is 1. The molecule has 0 aliphatic carbocycles. The molecule has 0 saturated heterocycles. The predicted molar refractivity (Wildman–Crippen MR) is 129 cm³/mol. The standard InChI is InChI=1S/C26H25F3N4O2/c1-5-18-8-10-19(11-9-18)33-25-24(17(4)31-33)20(26(27,28)29)13-23(35)32(25)14-22(34)30-21-12-15(2)6-7-16(21)3/h6-13H,5,14H2,1-4H3,(H,30,34). The summed E-state index contributed by atoms with van der Waals surface area (Å²) in [7, 11) is 0. The van der Waals surface area contributed by atoms with E-state index in [1.807, 2.05) is 45.0 Å². The van der Waals surface area contributed by atoms with Crippen LogP contribution >= 0.6 is 0 Å². The second kappa shape index (κ2) is 9.05. The number of hydrogen-bond acceptors (Lipinski definition) is 3. The van der Waals surface area contributed by atoms with Crippen LogP contribution in [0, 0.1) is 20.8 Å². The summed E-state index contributed by atoms with van der Waals surface area (Å²) in [6.45, 7) is 6.68. The van der Waals surface area contributed by atoms with Crippen molar-refractivity contribution in [3.05, 3.63) is 86.8 Å². The number of rotatable bonds is 5. The van der Waals surface area contributed by atoms with Crippen molar-refractivity contribution in [2.24, 2.45) is 0 Å². The summed E-state index contributed by atoms with van der Waals surface area (Å²) in [5.74, 6) is -0.534. The minimum absolute atomic E-state index is 0.0808. The second-order valence-corrected chi connectivity index (χ2v) is 8.56. The average molecular weight is 483 g/mol. The van der Waals surface area contributed by atoms with Crippen molar-refractivity contribution >= 4 is 22.6 Å². The molecule has 35 heavy (non-hydrogen) atoms. The summed E-state index contributed by atoms with van der Waals surface area (Å²) < 4.78 is 44.0. The molecule has 4 rings (SSSR count). The first-order chi connectivity index (χ1) is 16.5. The molecule has 0 aliphatic heterocycles. The first kappa shape index (κ1) is 24.3. The number of fused-ring (bicyclic) bond motifs is 1. The van der Waals surface area contributed by atoms with E-state index in [1.165, 1.54) is 11.6 Å². The van der Waals surface area contributed by atoms with Crippen molar-refractivity contribution in [3.8, 4) is 5.69 Å². The van der Waals surface area contributed by atoms with Gasteiger partial charge in [-0.05, 0) is 62.1 Å². The fourth-order valence-electron chi connectivity index (χ4n) is 4.09. The van der Waals surface area contributed by atoms with E-state index in [0.29, 0.717) is 17.4 Å². The lowest BCUT2D eigenvalue weighted by atomic mass is 10.1. The van der Waals surface area contributed by atoms with Crippen molar-refractivity contribution in [1.82, 2.24) is 14.3 Å². The Morgan fingerprint density at radius 2 is 1.71 bits per heavy atom. The van der Waals surface area contributed by atoms with Gasteiger partial charge in [-0.1, -0.05) is 31.2 Å². The maximum atomic E-state index is 13.9. The molecule has 0 radical (unpaired) electrons. The highest BCUT2D eigenvalue weighted by Gasteiger charge is 2.36. The first-order valence-corrected chi connectivity index (χ1v) is 11.2. The van der Waals surface area contributed by atoms with Gasteiger partial charge >= 0.3 is 6.18 Å². The van der Waals surface area contributed by atoms with Gasteiger partial charge in [0, 0.05) is 11.8 Å². The lowest BCUT2D eigenvalue weighted by Crippen LogP contribution is -2.30. The third-order valence-corrected chi connectivity index (χ3v) is 5.96. The number of nitrogens with one attached hydrogen (secondary N) is 1. The quantitative estimate of drug-likeness (QED) is 0.418. The van der Waals surface area contributed by atoms with E-state index in [2.05, 4.69) is 10.4 Å². The van der Waals surface area contributed by atoms with Crippen molar-refractivity contribution in [3.63, 3.8) is 0 Å². The zero-order valence-corrected chi connectivity index (χ0v) is 19.8. The fourth-order valence-corrected chi connectivity index (χ4v) is 4.09. The number of amides is 1. The first-order valence-electron chi connectivity index (χ1n) is 11.2. The van der Waals surface area contributed by atoms with Crippen LogP contribution in [0.5, 0.6) is 0 Å². The molecule has 9 heteroatoms. The summed E-state index contributed by atoms with van der Waals surface area (Å²) in [4.78, 5) is 25.9. The van der Waals surface area contributed by atoms with Crippen LogP contribution in [0.1, 0.15) is 34.9 Å². The molecule has 0 unspecified atom stereocenters. The number of pyridine rings is 1. The van der Waals surface area contributed by atoms with Gasteiger partial charge in [-0.2, -0.15) is 18.3 Å². The van der Waals surface area contributed by atoms with Gasteiger partial charge in [0.05, 0.1) is 22.3 Å². The number of carbonyl (C=O) groups is 1. The Morgan fingerprint density at radius 3 is 2.34 bits per heavy atom. The smallest absolute Gasteiger partial charge is 0.324 e. The highest BCUT2D eigenvalue weighted by molar-refractivity contribution is 5.93. The van der Waals surface area contributed by atoms with Crippen molar-refractivity contribution in [2.75, 3.05) is 5.32 Å². The molecule has 1 amide bonds. The maximum Gasteiger partial charge on any atom is 0.417 e. The maximum absolute atomic E-state index is 13.9. The number of alkyl halides is 3. The van der Waals surface area contributed by atoms with Gasteiger partial charge in [-0.25, -0.2) is 4.68 Å². The average Bonchev–Trinajstić information content (AvgIpc) is 3.14. The summed E-state index contributed by atoms with van der Waals surface area (Å²) >= 11 is 0. The Kier molecular flexibility index (Phi) is 6.27. The highest BCUT2D eigenvalue weighted by atomic mass is 19.4. The molecular weight excluding hydrogens is 457 g/mol. The molecular formula is C26H25F3N4O2. The molecule has 2 aromatic heterocycles. The number of hydrogen-bond donors (Lipinski definition) is 1. The summed E-state index contributed by atoms with van der Waals surface area (Å²) in [5, 5.41) is 6.89. The summed E-state index contributed by atoms with van der Waals surface area (Å²) in [6.07, 6.45) is -3.97. The van der Waals surface area contributed by atoms with Crippen LogP contribution in [0.3, 0.4) is 0 Å². The minimum Gasteiger partial charge on any atom is -0.324 e. The van der Waals surface area contributed by atoms with Crippen LogP contribution < -0.4 is 10.9 Å². The van der Waals surface area contributed by atoms with E-state index in [0.717, 1.165) is 27.7 Å². The highest BCUT2D eigenvalue weighted by Crippen LogP contribution is 2.36. The molecule has 1 N–H and O–H groups in total. The minimum atomic E-state index is -4.76. The zero-order chi connectivity index (χ0) is 25.5. The Hall–Kier alpha value is -3.88. The number of carbonyl (C=O) groups excluding carboxylic acids is 1. The molecule has 0 atom stereocenters. The molecule has 2 heterocycles. The Bertz CT molecular complexity index is 1480. The number of halogens is 3. The van der Waals surface area contributed by atoms with Crippen LogP contribution in [-0.2, 0) is 23.9 Å². The third-order valence-electron chi connectivity index (χ3n) is 5.96. The van der Waals surface area contributed by atoms with E-state index in [9.17, 15) is 22.8 Å². The molecule has 0 fully saturated rings. The summed E-state index contributed by atoms with van der Waals surface area (Å²) in [5.41, 5.74) is 1.88. The van der Waals surface area contributed by atoms with Crippen molar-refractivity contribution in [2.45, 2.75) is 46.8 Å². The van der Waals surface area contributed by atoms with Gasteiger partial charge in [0.2, 0.25) is 5.91 Å². The lowest BCUT2D eigenvalue weighted by molar-refractivity contribution is -0.136. The van der Waals surface area contributed by atoms with Crippen LogP contribution in [-0.4, -0.2) is 20.3 Å². The van der Waals surface area contributed by atoms with E-state index in [4.69, 9.17) is 0 Å². The van der Waals surface area contributed by atoms with Crippen LogP contribution in [0.4, 0.5) is 18.9 Å². The number of benzene rings is 2. The van der Waals surface area contributed by atoms with Gasteiger partial charge < -0.3 is 5.32 Å². The molecule has 0 saturated carbocycles. The Balaban J connectivity index is 1.89. The number of aromatic nitrogens is 3. The molecule has 2 aromatic carbocycles. The van der Waals surface area contributed by atoms with Gasteiger partial charge in [-0.15, -0.1) is 0 Å². The topological polar surface area (TPSA) is 68.9 Å². The van der Waals surface area contributed by atoms with Crippen LogP contribution in [0.15, 0.2) is 53.3 Å². The molecule has 0 aliphatic rings. The molecule has 0 bridgehead atoms. The molecule has 182 valence electrons. The number of nitrogens with zero attached hydrogens (tertiary/aromatic N) is 3. The van der Waals surface area contributed by atoms with Gasteiger partial charge in [0.15, 0.2) is 0 Å². The monoisotopic (exact) mass is 482 g/mol. The van der Waals surface area contributed by atoms with Gasteiger partial charge in [0.1, 0.15) is 12.2 Å². The molecule has 0 spiro atoms. The predicted octanol–water partition coefficient (Wildman–Crippen LogP) is 5.33. The second-order valence-electron chi connectivity index (χ2n) is 8.56. The SMILES string of the molecule is CCc1ccc(-n2nc(C)c3c(C(F)(F)F)cc(=O)n(CC(=O)Nc4cc(C)ccc4C)c32)cc1. The van der Waals surface area contributed by atoms with Gasteiger partial charge in [-0.3, -0.25) is 14.2 Å². The summed E-state index contributed by atoms with van der Waals surface area (Å²) in [6, 6.07) is 13.2. The van der Waals surface area contributed by atoms with E-state index in [-0.39, 0.29) is 16.7 Å². The van der Waals surface area contributed by atoms with Crippen LogP contribution in [0.2, 0.25) is 0 Å². The molecule has 4 aromatic rings. The number of aryl methyl sites for hydroxylation is 4. The fraction of sp³-hybridized carbons (Fsp3) is 0.269. The zero-order valence-electron chi connectivity index (χ0n) is 19.8. The van der Waals surface area contributed by atoms with E-state index in [1.54, 1.807) is 18.2 Å². The molecule has 6 nitrogen and oxygen atoms in total.